The molecule has 0 amide bonds. The number of benzene rings is 1. The van der Waals surface area contributed by atoms with E-state index >= 15 is 0 Å². The molecule has 1 N–H and O–H groups in total. The highest BCUT2D eigenvalue weighted by molar-refractivity contribution is 9.10. The van der Waals surface area contributed by atoms with Gasteiger partial charge in [-0.15, -0.1) is 10.2 Å². The molecule has 0 fully saturated rings. The Balaban J connectivity index is 1.92. The third-order valence-corrected chi connectivity index (χ3v) is 4.54. The monoisotopic (exact) mass is 340 g/mol. The van der Waals surface area contributed by atoms with Gasteiger partial charge in [0.1, 0.15) is 0 Å². The lowest BCUT2D eigenvalue weighted by atomic mass is 10.2. The number of aliphatic hydroxyl groups is 1. The van der Waals surface area contributed by atoms with Crippen molar-refractivity contribution in [2.24, 2.45) is 0 Å². The maximum Gasteiger partial charge on any atom is 0.193 e. The Bertz CT molecular complexity index is 572. The highest BCUT2D eigenvalue weighted by Crippen LogP contribution is 2.29. The van der Waals surface area contributed by atoms with E-state index in [1.165, 1.54) is 0 Å². The van der Waals surface area contributed by atoms with Crippen LogP contribution in [-0.2, 0) is 6.67 Å². The molecule has 0 saturated carbocycles. The molecule has 0 unspecified atom stereocenters. The molecule has 0 bridgehead atoms. The van der Waals surface area contributed by atoms with Crippen molar-refractivity contribution in [1.82, 2.24) is 19.7 Å². The van der Waals surface area contributed by atoms with Gasteiger partial charge >= 0.3 is 0 Å². The molecule has 1 aliphatic rings. The first kappa shape index (κ1) is 13.1. The van der Waals surface area contributed by atoms with Crippen LogP contribution in [0.4, 0.5) is 0 Å². The molecule has 3 rings (SSSR count). The molecule has 5 nitrogen and oxygen atoms in total. The maximum atomic E-state index is 9.04. The first-order chi connectivity index (χ1) is 9.28. The van der Waals surface area contributed by atoms with Gasteiger partial charge in [0.05, 0.1) is 19.2 Å². The number of hydrogen-bond donors (Lipinski definition) is 1. The number of fused-ring (bicyclic) bond motifs is 1. The normalized spacial score (nSPS) is 15.5. The van der Waals surface area contributed by atoms with Crippen LogP contribution in [0.2, 0.25) is 0 Å². The minimum absolute atomic E-state index is 0.172. The quantitative estimate of drug-likeness (QED) is 0.926. The zero-order valence-corrected chi connectivity index (χ0v) is 12.6. The van der Waals surface area contributed by atoms with E-state index in [-0.39, 0.29) is 6.61 Å². The van der Waals surface area contributed by atoms with Crippen molar-refractivity contribution in [2.45, 2.75) is 11.8 Å². The first-order valence-electron chi connectivity index (χ1n) is 5.93. The van der Waals surface area contributed by atoms with Crippen molar-refractivity contribution < 1.29 is 5.11 Å². The van der Waals surface area contributed by atoms with Crippen LogP contribution in [0.1, 0.15) is 0 Å². The van der Waals surface area contributed by atoms with E-state index in [0.29, 0.717) is 6.54 Å². The summed E-state index contributed by atoms with van der Waals surface area (Å²) in [6, 6.07) is 8.05. The lowest BCUT2D eigenvalue weighted by molar-refractivity contribution is 0.178. The van der Waals surface area contributed by atoms with Gasteiger partial charge in [0.2, 0.25) is 0 Å². The summed E-state index contributed by atoms with van der Waals surface area (Å²) in [5.74, 6) is 1.72. The highest BCUT2D eigenvalue weighted by Gasteiger charge is 2.21. The van der Waals surface area contributed by atoms with Gasteiger partial charge < -0.3 is 5.11 Å². The van der Waals surface area contributed by atoms with Crippen LogP contribution in [0.5, 0.6) is 0 Å². The lowest BCUT2D eigenvalue weighted by Crippen LogP contribution is -2.32. The Morgan fingerprint density at radius 2 is 2.05 bits per heavy atom. The molecule has 0 saturated heterocycles. The van der Waals surface area contributed by atoms with Gasteiger partial charge in [0, 0.05) is 16.6 Å². The van der Waals surface area contributed by atoms with Crippen molar-refractivity contribution in [3.8, 4) is 11.4 Å². The van der Waals surface area contributed by atoms with Crippen LogP contribution in [-0.4, -0.2) is 43.8 Å². The summed E-state index contributed by atoms with van der Waals surface area (Å²) in [5.41, 5.74) is 1.05. The largest absolute Gasteiger partial charge is 0.395 e. The molecular formula is C12H13BrN4OS. The number of halogens is 1. The van der Waals surface area contributed by atoms with Crippen molar-refractivity contribution in [1.29, 1.82) is 0 Å². The minimum atomic E-state index is 0.172. The molecule has 1 aromatic heterocycles. The van der Waals surface area contributed by atoms with Crippen molar-refractivity contribution in [3.05, 3.63) is 28.7 Å². The summed E-state index contributed by atoms with van der Waals surface area (Å²) in [6.07, 6.45) is 0. The van der Waals surface area contributed by atoms with Crippen LogP contribution < -0.4 is 0 Å². The van der Waals surface area contributed by atoms with Crippen LogP contribution in [0, 0.1) is 0 Å². The lowest BCUT2D eigenvalue weighted by Gasteiger charge is -2.26. The molecule has 19 heavy (non-hydrogen) atoms. The molecule has 7 heteroatoms. The average molecular weight is 341 g/mol. The third-order valence-electron chi connectivity index (χ3n) is 2.95. The molecule has 0 aliphatic carbocycles. The van der Waals surface area contributed by atoms with E-state index in [1.54, 1.807) is 11.8 Å². The van der Waals surface area contributed by atoms with Gasteiger partial charge in [-0.05, 0) is 12.1 Å². The molecule has 0 atom stereocenters. The maximum absolute atomic E-state index is 9.04. The summed E-state index contributed by atoms with van der Waals surface area (Å²) >= 11 is 5.08. The number of thioether (sulfide) groups is 1. The van der Waals surface area contributed by atoms with Crippen LogP contribution in [0.3, 0.4) is 0 Å². The third kappa shape index (κ3) is 2.69. The van der Waals surface area contributed by atoms with Gasteiger partial charge in [0.15, 0.2) is 11.0 Å². The van der Waals surface area contributed by atoms with Gasteiger partial charge in [0.25, 0.3) is 0 Å². The van der Waals surface area contributed by atoms with Crippen LogP contribution in [0.25, 0.3) is 11.4 Å². The predicted octanol–water partition coefficient (Wildman–Crippen LogP) is 2.02. The smallest absolute Gasteiger partial charge is 0.193 e. The van der Waals surface area contributed by atoms with Gasteiger partial charge in [-0.1, -0.05) is 39.8 Å². The van der Waals surface area contributed by atoms with Gasteiger partial charge in [-0.3, -0.25) is 9.47 Å². The summed E-state index contributed by atoms with van der Waals surface area (Å²) in [7, 11) is 0. The number of rotatable bonds is 3. The fraction of sp³-hybridized carbons (Fsp3) is 0.333. The molecule has 2 aromatic rings. The Hall–Kier alpha value is -0.890. The molecule has 0 radical (unpaired) electrons. The fourth-order valence-electron chi connectivity index (χ4n) is 2.00. The number of hydrogen-bond acceptors (Lipinski definition) is 5. The number of aromatic nitrogens is 3. The van der Waals surface area contributed by atoms with Crippen LogP contribution in [0.15, 0.2) is 33.9 Å². The summed E-state index contributed by atoms with van der Waals surface area (Å²) < 4.78 is 3.14. The second-order valence-electron chi connectivity index (χ2n) is 4.27. The number of β-amino-alcohol motifs (C(OH)–C–C–N with tert-alkyl or cyclic N) is 1. The first-order valence-corrected chi connectivity index (χ1v) is 7.71. The zero-order valence-electron chi connectivity index (χ0n) is 10.2. The standard InChI is InChI=1S/C12H13BrN4OS/c13-10-3-1-9(2-4-10)11-14-15-12-17(11)7-16(5-6-18)8-19-12/h1-4,18H,5-8H2. The summed E-state index contributed by atoms with van der Waals surface area (Å²) in [5, 5.41) is 18.5. The second kappa shape index (κ2) is 5.62. The molecular weight excluding hydrogens is 328 g/mol. The van der Waals surface area contributed by atoms with E-state index in [4.69, 9.17) is 5.11 Å². The van der Waals surface area contributed by atoms with Crippen molar-refractivity contribution in [3.63, 3.8) is 0 Å². The number of nitrogens with zero attached hydrogens (tertiary/aromatic N) is 4. The van der Waals surface area contributed by atoms with E-state index in [2.05, 4.69) is 35.6 Å². The topological polar surface area (TPSA) is 54.2 Å². The second-order valence-corrected chi connectivity index (χ2v) is 6.10. The van der Waals surface area contributed by atoms with E-state index in [9.17, 15) is 0 Å². The van der Waals surface area contributed by atoms with Gasteiger partial charge in [-0.25, -0.2) is 0 Å². The molecule has 100 valence electrons. The Labute approximate surface area is 123 Å². The van der Waals surface area contributed by atoms with Crippen molar-refractivity contribution in [2.75, 3.05) is 19.0 Å². The Morgan fingerprint density at radius 3 is 2.79 bits per heavy atom. The van der Waals surface area contributed by atoms with Crippen LogP contribution >= 0.6 is 27.7 Å². The molecule has 1 aliphatic heterocycles. The van der Waals surface area contributed by atoms with Crippen molar-refractivity contribution >= 4 is 27.7 Å². The zero-order chi connectivity index (χ0) is 13.2. The Morgan fingerprint density at radius 1 is 1.26 bits per heavy atom. The minimum Gasteiger partial charge on any atom is -0.395 e. The molecule has 0 spiro atoms. The van der Waals surface area contributed by atoms with E-state index in [1.807, 2.05) is 24.3 Å². The summed E-state index contributed by atoms with van der Waals surface area (Å²) in [6.45, 7) is 1.57. The fourth-order valence-corrected chi connectivity index (χ4v) is 3.17. The van der Waals surface area contributed by atoms with E-state index in [0.717, 1.165) is 33.6 Å². The summed E-state index contributed by atoms with van der Waals surface area (Å²) in [4.78, 5) is 2.17. The average Bonchev–Trinajstić information content (AvgIpc) is 2.83. The Kier molecular flexibility index (Phi) is 3.88. The molecule has 2 heterocycles. The molecule has 1 aromatic carbocycles. The SMILES string of the molecule is OCCN1CSc2nnc(-c3ccc(Br)cc3)n2C1. The van der Waals surface area contributed by atoms with E-state index < -0.39 is 0 Å². The van der Waals surface area contributed by atoms with Gasteiger partial charge in [-0.2, -0.15) is 0 Å². The number of aliphatic hydroxyl groups excluding tert-OH is 1. The predicted molar refractivity (Wildman–Crippen MR) is 77.7 cm³/mol. The highest BCUT2D eigenvalue weighted by atomic mass is 79.9.